The van der Waals surface area contributed by atoms with Crippen LogP contribution < -0.4 is 10.2 Å². The summed E-state index contributed by atoms with van der Waals surface area (Å²) in [5.41, 5.74) is 0.0107. The van der Waals surface area contributed by atoms with E-state index in [4.69, 9.17) is 21.1 Å². The summed E-state index contributed by atoms with van der Waals surface area (Å²) >= 11 is 10.3. The number of benzene rings is 1. The van der Waals surface area contributed by atoms with Gasteiger partial charge in [0.15, 0.2) is 0 Å². The van der Waals surface area contributed by atoms with E-state index in [-0.39, 0.29) is 55.2 Å². The number of aryl methyl sites for hydroxylation is 1. The zero-order valence-electron chi connectivity index (χ0n) is 25.2. The standard InChI is InChI=1S/C32H41BrClN3O7/c1-5-7-13-23(39)35-18-20(4)43-31(42)24-25-29(40)37(15-8-9-16-38)28(32(25)17-21(33)27(24)44-32)30(41)36(14-6-2)26-19(3)11-10-12-22(26)34/h5-6,10-12,20-21,24-25,27-28,38H,1-2,7-9,13-18H2,3-4H3,(H,35,39)/t20-,21?,24+,25-,27+,28+,32-/m0/s1. The number of fused-ring (bicyclic) bond motifs is 1. The largest absolute Gasteiger partial charge is 0.460 e. The quantitative estimate of drug-likeness (QED) is 0.124. The normalized spacial score (nSPS) is 27.5. The van der Waals surface area contributed by atoms with Crippen molar-refractivity contribution in [1.29, 1.82) is 0 Å². The summed E-state index contributed by atoms with van der Waals surface area (Å²) in [4.78, 5) is 57.4. The van der Waals surface area contributed by atoms with Crippen molar-refractivity contribution < 1.29 is 33.8 Å². The average Bonchev–Trinajstić information content (AvgIpc) is 3.57. The number of amides is 3. The molecule has 4 rings (SSSR count). The maximum Gasteiger partial charge on any atom is 0.312 e. The van der Waals surface area contributed by atoms with Gasteiger partial charge < -0.3 is 29.7 Å². The fourth-order valence-corrected chi connectivity index (χ4v) is 8.01. The highest BCUT2D eigenvalue weighted by molar-refractivity contribution is 9.09. The van der Waals surface area contributed by atoms with Crippen LogP contribution in [0.3, 0.4) is 0 Å². The monoisotopic (exact) mass is 693 g/mol. The molecule has 1 aromatic rings. The molecule has 44 heavy (non-hydrogen) atoms. The van der Waals surface area contributed by atoms with E-state index in [1.807, 2.05) is 13.0 Å². The fourth-order valence-electron chi connectivity index (χ4n) is 6.74. The smallest absolute Gasteiger partial charge is 0.312 e. The molecule has 3 amide bonds. The van der Waals surface area contributed by atoms with Gasteiger partial charge in [0, 0.05) is 30.9 Å². The lowest BCUT2D eigenvalue weighted by atomic mass is 9.70. The van der Waals surface area contributed by atoms with E-state index in [0.29, 0.717) is 36.4 Å². The van der Waals surface area contributed by atoms with Gasteiger partial charge in [-0.2, -0.15) is 0 Å². The highest BCUT2D eigenvalue weighted by Crippen LogP contribution is 2.60. The highest BCUT2D eigenvalue weighted by Gasteiger charge is 2.77. The average molecular weight is 695 g/mol. The molecule has 1 spiro atoms. The summed E-state index contributed by atoms with van der Waals surface area (Å²) in [6, 6.07) is 4.31. The molecule has 3 heterocycles. The number of para-hydroxylation sites is 1. The van der Waals surface area contributed by atoms with E-state index in [1.165, 1.54) is 9.80 Å². The van der Waals surface area contributed by atoms with Gasteiger partial charge in [0.25, 0.3) is 5.91 Å². The van der Waals surface area contributed by atoms with E-state index in [9.17, 15) is 24.3 Å². The van der Waals surface area contributed by atoms with Gasteiger partial charge in [-0.25, -0.2) is 0 Å². The molecule has 7 atom stereocenters. The Morgan fingerprint density at radius 2 is 2.07 bits per heavy atom. The lowest BCUT2D eigenvalue weighted by Gasteiger charge is -2.37. The minimum Gasteiger partial charge on any atom is -0.460 e. The Hall–Kier alpha value is -2.73. The first-order chi connectivity index (χ1) is 21.0. The molecule has 1 aromatic carbocycles. The number of hydrogen-bond acceptors (Lipinski definition) is 7. The van der Waals surface area contributed by atoms with Crippen molar-refractivity contribution in [3.63, 3.8) is 0 Å². The number of carbonyl (C=O) groups is 4. The highest BCUT2D eigenvalue weighted by atomic mass is 79.9. The Balaban J connectivity index is 1.66. The molecule has 3 aliphatic rings. The fraction of sp³-hybridized carbons (Fsp3) is 0.562. The molecule has 0 aromatic heterocycles. The van der Waals surface area contributed by atoms with E-state index in [1.54, 1.807) is 31.2 Å². The molecule has 3 fully saturated rings. The Morgan fingerprint density at radius 1 is 1.32 bits per heavy atom. The Morgan fingerprint density at radius 3 is 2.73 bits per heavy atom. The number of aliphatic hydroxyl groups is 1. The maximum absolute atomic E-state index is 14.7. The minimum absolute atomic E-state index is 0.0599. The van der Waals surface area contributed by atoms with Gasteiger partial charge in [0.2, 0.25) is 11.8 Å². The molecule has 2 N–H and O–H groups in total. The first-order valence-electron chi connectivity index (χ1n) is 15.0. The molecular formula is C32H41BrClN3O7. The Bertz CT molecular complexity index is 1270. The number of nitrogens with zero attached hydrogens (tertiary/aromatic N) is 2. The molecule has 10 nitrogen and oxygen atoms in total. The number of likely N-dealkylation sites (tertiary alicyclic amines) is 1. The van der Waals surface area contributed by atoms with E-state index >= 15 is 0 Å². The lowest BCUT2D eigenvalue weighted by Crippen LogP contribution is -2.57. The molecule has 1 unspecified atom stereocenters. The number of nitrogens with one attached hydrogen (secondary N) is 1. The van der Waals surface area contributed by atoms with Crippen LogP contribution in [-0.2, 0) is 28.7 Å². The molecule has 12 heteroatoms. The molecule has 0 saturated carbocycles. The van der Waals surface area contributed by atoms with Crippen molar-refractivity contribution in [2.75, 3.05) is 31.1 Å². The van der Waals surface area contributed by atoms with Gasteiger partial charge in [-0.15, -0.1) is 13.2 Å². The van der Waals surface area contributed by atoms with Crippen LogP contribution in [-0.4, -0.2) is 88.6 Å². The molecule has 3 saturated heterocycles. The number of aliphatic hydroxyl groups excluding tert-OH is 1. The van der Waals surface area contributed by atoms with Crippen LogP contribution in [0, 0.1) is 18.8 Å². The minimum atomic E-state index is -1.29. The predicted octanol–water partition coefficient (Wildman–Crippen LogP) is 3.70. The number of hydrogen-bond donors (Lipinski definition) is 2. The summed E-state index contributed by atoms with van der Waals surface area (Å²) in [6.45, 7) is 11.4. The first kappa shape index (κ1) is 34.1. The van der Waals surface area contributed by atoms with Crippen molar-refractivity contribution >= 4 is 56.9 Å². The van der Waals surface area contributed by atoms with Gasteiger partial charge in [0.1, 0.15) is 17.7 Å². The van der Waals surface area contributed by atoms with Crippen LogP contribution in [0.15, 0.2) is 43.5 Å². The second-order valence-electron chi connectivity index (χ2n) is 11.6. The second kappa shape index (κ2) is 14.6. The summed E-state index contributed by atoms with van der Waals surface area (Å²) in [7, 11) is 0. The third kappa shape index (κ3) is 6.47. The number of anilines is 1. The van der Waals surface area contributed by atoms with Gasteiger partial charge in [-0.1, -0.05) is 51.8 Å². The van der Waals surface area contributed by atoms with E-state index < -0.39 is 41.7 Å². The number of ether oxygens (including phenoxy) is 2. The molecule has 3 aliphatic heterocycles. The van der Waals surface area contributed by atoms with Crippen molar-refractivity contribution in [3.05, 3.63) is 54.1 Å². The zero-order chi connectivity index (χ0) is 32.2. The van der Waals surface area contributed by atoms with Gasteiger partial charge in [0.05, 0.1) is 35.2 Å². The summed E-state index contributed by atoms with van der Waals surface area (Å²) in [5.74, 6) is -3.42. The zero-order valence-corrected chi connectivity index (χ0v) is 27.5. The van der Waals surface area contributed by atoms with Crippen LogP contribution in [0.2, 0.25) is 5.02 Å². The molecule has 0 aliphatic carbocycles. The van der Waals surface area contributed by atoms with Gasteiger partial charge >= 0.3 is 5.97 Å². The molecule has 240 valence electrons. The van der Waals surface area contributed by atoms with Gasteiger partial charge in [-0.05, 0) is 51.2 Å². The van der Waals surface area contributed by atoms with Crippen molar-refractivity contribution in [3.8, 4) is 0 Å². The summed E-state index contributed by atoms with van der Waals surface area (Å²) < 4.78 is 12.3. The third-order valence-electron chi connectivity index (χ3n) is 8.62. The number of carbonyl (C=O) groups excluding carboxylic acids is 4. The number of rotatable bonds is 15. The first-order valence-corrected chi connectivity index (χ1v) is 16.3. The Kier molecular flexibility index (Phi) is 11.3. The van der Waals surface area contributed by atoms with Crippen LogP contribution in [0.1, 0.15) is 44.6 Å². The number of halogens is 2. The molecule has 0 radical (unpaired) electrons. The maximum atomic E-state index is 14.7. The molecule has 2 bridgehead atoms. The summed E-state index contributed by atoms with van der Waals surface area (Å²) in [6.07, 6.45) is 3.97. The van der Waals surface area contributed by atoms with E-state index in [2.05, 4.69) is 34.4 Å². The topological polar surface area (TPSA) is 125 Å². The van der Waals surface area contributed by atoms with E-state index in [0.717, 1.165) is 5.56 Å². The Labute approximate surface area is 271 Å². The van der Waals surface area contributed by atoms with Crippen LogP contribution >= 0.6 is 27.5 Å². The lowest BCUT2D eigenvalue weighted by molar-refractivity contribution is -0.159. The van der Waals surface area contributed by atoms with Crippen LogP contribution in [0.25, 0.3) is 0 Å². The number of esters is 1. The van der Waals surface area contributed by atoms with Crippen LogP contribution in [0.5, 0.6) is 0 Å². The summed E-state index contributed by atoms with van der Waals surface area (Å²) in [5, 5.41) is 12.6. The molecular weight excluding hydrogens is 654 g/mol. The SMILES string of the molecule is C=CCCC(=O)NC[C@H](C)OC(=O)[C@H]1[C@@H]2O[C@@]3(CC2Br)[C@@H]1C(=O)N(CCCCO)[C@@H]3C(=O)N(CC=C)c1c(C)cccc1Cl. The van der Waals surface area contributed by atoms with Crippen molar-refractivity contribution in [1.82, 2.24) is 10.2 Å². The second-order valence-corrected chi connectivity index (χ2v) is 13.2. The predicted molar refractivity (Wildman–Crippen MR) is 170 cm³/mol. The van der Waals surface area contributed by atoms with Gasteiger partial charge in [-0.3, -0.25) is 19.2 Å². The van der Waals surface area contributed by atoms with Crippen molar-refractivity contribution in [2.45, 2.75) is 74.6 Å². The number of allylic oxidation sites excluding steroid dienone is 1. The van der Waals surface area contributed by atoms with Crippen molar-refractivity contribution in [2.24, 2.45) is 11.8 Å². The van der Waals surface area contributed by atoms with Crippen LogP contribution in [0.4, 0.5) is 5.69 Å². The third-order valence-corrected chi connectivity index (χ3v) is 9.77. The number of unbranched alkanes of at least 4 members (excludes halogenated alkanes) is 1. The number of alkyl halides is 1.